The van der Waals surface area contributed by atoms with Crippen molar-refractivity contribution in [1.82, 2.24) is 5.06 Å². The van der Waals surface area contributed by atoms with E-state index in [9.17, 15) is 0 Å². The molecule has 0 saturated carbocycles. The Kier molecular flexibility index (Phi) is 3.20. The van der Waals surface area contributed by atoms with Crippen LogP contribution in [0.5, 0.6) is 0 Å². The van der Waals surface area contributed by atoms with E-state index in [0.29, 0.717) is 6.04 Å². The van der Waals surface area contributed by atoms with E-state index in [0.717, 1.165) is 6.42 Å². The Bertz CT molecular complexity index is 356. The quantitative estimate of drug-likeness (QED) is 0.745. The van der Waals surface area contributed by atoms with Crippen LogP contribution in [0, 0.1) is 0 Å². The second-order valence-corrected chi connectivity index (χ2v) is 3.53. The minimum atomic E-state index is 0.294. The number of benzene rings is 1. The van der Waals surface area contributed by atoms with Crippen LogP contribution < -0.4 is 0 Å². The van der Waals surface area contributed by atoms with E-state index in [-0.39, 0.29) is 0 Å². The topological polar surface area (TPSA) is 12.5 Å². The van der Waals surface area contributed by atoms with Crippen LogP contribution in [0.25, 0.3) is 0 Å². The molecule has 0 N–H and O–H groups in total. The Morgan fingerprint density at radius 3 is 2.73 bits per heavy atom. The third-order valence-electron chi connectivity index (χ3n) is 2.50. The predicted molar refractivity (Wildman–Crippen MR) is 61.1 cm³/mol. The largest absolute Gasteiger partial charge is 0.277 e. The summed E-state index contributed by atoms with van der Waals surface area (Å²) in [4.78, 5) is 5.27. The van der Waals surface area contributed by atoms with E-state index in [4.69, 9.17) is 4.84 Å². The van der Waals surface area contributed by atoms with Crippen molar-refractivity contribution in [3.05, 3.63) is 60.3 Å². The van der Waals surface area contributed by atoms with E-state index in [1.165, 1.54) is 5.56 Å². The second-order valence-electron chi connectivity index (χ2n) is 3.53. The Balaban J connectivity index is 2.05. The molecule has 2 nitrogen and oxygen atoms in total. The van der Waals surface area contributed by atoms with Gasteiger partial charge in [0.2, 0.25) is 0 Å². The zero-order valence-corrected chi connectivity index (χ0v) is 8.84. The molecule has 1 aliphatic heterocycles. The highest BCUT2D eigenvalue weighted by Gasteiger charge is 2.14. The van der Waals surface area contributed by atoms with Crippen LogP contribution >= 0.6 is 0 Å². The molecule has 2 rings (SSSR count). The Morgan fingerprint density at radius 1 is 1.20 bits per heavy atom. The molecule has 0 bridgehead atoms. The van der Waals surface area contributed by atoms with Crippen LogP contribution in [0.1, 0.15) is 5.56 Å². The lowest BCUT2D eigenvalue weighted by atomic mass is 10.0. The van der Waals surface area contributed by atoms with Crippen molar-refractivity contribution in [3.8, 4) is 0 Å². The van der Waals surface area contributed by atoms with Crippen LogP contribution in [0.3, 0.4) is 0 Å². The zero-order valence-electron chi connectivity index (χ0n) is 8.84. The van der Waals surface area contributed by atoms with Crippen LogP contribution in [0.4, 0.5) is 0 Å². The van der Waals surface area contributed by atoms with Crippen molar-refractivity contribution in [2.45, 2.75) is 12.5 Å². The van der Waals surface area contributed by atoms with Gasteiger partial charge in [-0.05, 0) is 18.1 Å². The summed E-state index contributed by atoms with van der Waals surface area (Å²) in [6.45, 7) is 0. The van der Waals surface area contributed by atoms with Gasteiger partial charge in [-0.15, -0.1) is 0 Å². The summed E-state index contributed by atoms with van der Waals surface area (Å²) in [6.07, 6.45) is 9.10. The first kappa shape index (κ1) is 9.99. The van der Waals surface area contributed by atoms with Crippen molar-refractivity contribution in [2.75, 3.05) is 7.11 Å². The maximum Gasteiger partial charge on any atom is 0.0782 e. The first-order valence-electron chi connectivity index (χ1n) is 5.11. The van der Waals surface area contributed by atoms with Crippen LogP contribution in [0.2, 0.25) is 0 Å². The fourth-order valence-corrected chi connectivity index (χ4v) is 1.73. The summed E-state index contributed by atoms with van der Waals surface area (Å²) >= 11 is 0. The van der Waals surface area contributed by atoms with Gasteiger partial charge < -0.3 is 0 Å². The minimum Gasteiger partial charge on any atom is -0.277 e. The monoisotopic (exact) mass is 201 g/mol. The molecule has 0 spiro atoms. The molecule has 0 amide bonds. The average Bonchev–Trinajstić information content (AvgIpc) is 2.31. The van der Waals surface area contributed by atoms with Gasteiger partial charge in [0, 0.05) is 6.20 Å². The number of hydrogen-bond donors (Lipinski definition) is 0. The van der Waals surface area contributed by atoms with Gasteiger partial charge in [-0.1, -0.05) is 42.5 Å². The normalized spacial score (nSPS) is 19.5. The van der Waals surface area contributed by atoms with E-state index in [2.05, 4.69) is 36.4 Å². The van der Waals surface area contributed by atoms with Gasteiger partial charge in [-0.2, -0.15) is 0 Å². The fraction of sp³-hybridized carbons (Fsp3) is 0.231. The molecule has 0 aromatic heterocycles. The average molecular weight is 201 g/mol. The molecule has 2 heteroatoms. The molecule has 0 fully saturated rings. The van der Waals surface area contributed by atoms with Crippen LogP contribution in [0.15, 0.2) is 54.8 Å². The first-order chi connectivity index (χ1) is 7.40. The van der Waals surface area contributed by atoms with Crippen molar-refractivity contribution < 1.29 is 4.84 Å². The summed E-state index contributed by atoms with van der Waals surface area (Å²) in [5, 5.41) is 1.87. The van der Waals surface area contributed by atoms with E-state index >= 15 is 0 Å². The summed E-state index contributed by atoms with van der Waals surface area (Å²) in [5.74, 6) is 0. The number of hydroxylamine groups is 2. The highest BCUT2D eigenvalue weighted by Crippen LogP contribution is 2.13. The van der Waals surface area contributed by atoms with E-state index in [1.54, 1.807) is 7.11 Å². The third-order valence-corrected chi connectivity index (χ3v) is 2.50. The van der Waals surface area contributed by atoms with Gasteiger partial charge in [0.05, 0.1) is 13.2 Å². The van der Waals surface area contributed by atoms with Gasteiger partial charge in [0.1, 0.15) is 0 Å². The van der Waals surface area contributed by atoms with Crippen molar-refractivity contribution in [3.63, 3.8) is 0 Å². The zero-order chi connectivity index (χ0) is 10.5. The summed E-state index contributed by atoms with van der Waals surface area (Å²) < 4.78 is 0. The lowest BCUT2D eigenvalue weighted by Crippen LogP contribution is -2.31. The highest BCUT2D eigenvalue weighted by molar-refractivity contribution is 5.20. The van der Waals surface area contributed by atoms with Gasteiger partial charge in [-0.25, -0.2) is 0 Å². The van der Waals surface area contributed by atoms with E-state index < -0.39 is 0 Å². The van der Waals surface area contributed by atoms with Gasteiger partial charge >= 0.3 is 0 Å². The predicted octanol–water partition coefficient (Wildman–Crippen LogP) is 2.54. The maximum absolute atomic E-state index is 5.27. The standard InChI is InChI=1S/C13H15NO/c1-15-14-10-6-5-9-13(14)11-12-7-3-2-4-8-12/h2-10,13H,11H2,1H3. The van der Waals surface area contributed by atoms with Gasteiger partial charge in [0.25, 0.3) is 0 Å². The van der Waals surface area contributed by atoms with Crippen molar-refractivity contribution >= 4 is 0 Å². The molecule has 1 aliphatic rings. The molecule has 78 valence electrons. The highest BCUT2D eigenvalue weighted by atomic mass is 16.7. The summed E-state index contributed by atoms with van der Waals surface area (Å²) in [7, 11) is 1.70. The van der Waals surface area contributed by atoms with Gasteiger partial charge in [0.15, 0.2) is 0 Å². The molecular formula is C13H15NO. The van der Waals surface area contributed by atoms with Gasteiger partial charge in [-0.3, -0.25) is 9.90 Å². The Hall–Kier alpha value is -1.54. The second kappa shape index (κ2) is 4.80. The first-order valence-corrected chi connectivity index (χ1v) is 5.11. The van der Waals surface area contributed by atoms with Crippen molar-refractivity contribution in [2.24, 2.45) is 0 Å². The van der Waals surface area contributed by atoms with Crippen molar-refractivity contribution in [1.29, 1.82) is 0 Å². The lowest BCUT2D eigenvalue weighted by Gasteiger charge is -2.27. The summed E-state index contributed by atoms with van der Waals surface area (Å²) in [5.41, 5.74) is 1.32. The Labute approximate surface area is 90.4 Å². The number of hydrogen-bond acceptors (Lipinski definition) is 2. The maximum atomic E-state index is 5.27. The molecule has 0 saturated heterocycles. The van der Waals surface area contributed by atoms with E-state index in [1.807, 2.05) is 23.4 Å². The molecule has 15 heavy (non-hydrogen) atoms. The molecule has 1 heterocycles. The van der Waals surface area contributed by atoms with Crippen LogP contribution in [-0.2, 0) is 11.3 Å². The summed E-state index contributed by atoms with van der Waals surface area (Å²) in [6, 6.07) is 10.7. The number of nitrogens with zero attached hydrogens (tertiary/aromatic N) is 1. The molecule has 1 aromatic rings. The lowest BCUT2D eigenvalue weighted by molar-refractivity contribution is -0.108. The smallest absolute Gasteiger partial charge is 0.0782 e. The molecular weight excluding hydrogens is 186 g/mol. The SMILES string of the molecule is CON1C=CC=CC1Cc1ccccc1. The third kappa shape index (κ3) is 2.48. The fourth-order valence-electron chi connectivity index (χ4n) is 1.73. The number of rotatable bonds is 3. The molecule has 0 aliphatic carbocycles. The molecule has 1 unspecified atom stereocenters. The Morgan fingerprint density at radius 2 is 2.00 bits per heavy atom. The van der Waals surface area contributed by atoms with Crippen LogP contribution in [-0.4, -0.2) is 18.2 Å². The molecule has 1 atom stereocenters. The number of allylic oxidation sites excluding steroid dienone is 2. The minimum absolute atomic E-state index is 0.294. The molecule has 0 radical (unpaired) electrons. The molecule has 1 aromatic carbocycles.